The molecule has 0 saturated heterocycles. The molecule has 4 N–H and O–H groups in total. The topological polar surface area (TPSA) is 67.2 Å². The maximum atomic E-state index is 12.4. The van der Waals surface area contributed by atoms with E-state index in [0.717, 1.165) is 43.6 Å². The van der Waals surface area contributed by atoms with Gasteiger partial charge in [0.05, 0.1) is 11.3 Å². The first-order chi connectivity index (χ1) is 11.7. The summed E-state index contributed by atoms with van der Waals surface area (Å²) in [4.78, 5) is 12.4. The zero-order valence-electron chi connectivity index (χ0n) is 14.3. The van der Waals surface area contributed by atoms with Gasteiger partial charge in [-0.15, -0.1) is 0 Å². The number of amides is 1. The van der Waals surface area contributed by atoms with E-state index >= 15 is 0 Å². The highest BCUT2D eigenvalue weighted by molar-refractivity contribution is 6.00. The lowest BCUT2D eigenvalue weighted by Gasteiger charge is -2.12. The predicted octanol–water partition coefficient (Wildman–Crippen LogP) is 3.99. The van der Waals surface area contributed by atoms with E-state index in [-0.39, 0.29) is 5.91 Å². The Kier molecular flexibility index (Phi) is 7.30. The normalized spacial score (nSPS) is 10.4. The van der Waals surface area contributed by atoms with Crippen molar-refractivity contribution in [3.8, 4) is 0 Å². The molecule has 0 spiro atoms. The summed E-state index contributed by atoms with van der Waals surface area (Å²) >= 11 is 0. The number of rotatable bonds is 9. The molecule has 0 aliphatic heterocycles. The Bertz CT molecular complexity index is 655. The smallest absolute Gasteiger partial charge is 0.253 e. The molecular formula is C20H27N3O. The van der Waals surface area contributed by atoms with Crippen LogP contribution in [0.3, 0.4) is 0 Å². The van der Waals surface area contributed by atoms with Crippen LogP contribution in [0.15, 0.2) is 48.5 Å². The maximum absolute atomic E-state index is 12.4. The zero-order valence-corrected chi connectivity index (χ0v) is 14.3. The van der Waals surface area contributed by atoms with Crippen molar-refractivity contribution in [1.82, 2.24) is 5.32 Å². The van der Waals surface area contributed by atoms with Gasteiger partial charge in [-0.05, 0) is 56.1 Å². The molecule has 0 aromatic heterocycles. The van der Waals surface area contributed by atoms with Crippen molar-refractivity contribution in [3.05, 3.63) is 59.7 Å². The summed E-state index contributed by atoms with van der Waals surface area (Å²) in [6.07, 6.45) is 4.26. The Morgan fingerprint density at radius 2 is 1.79 bits per heavy atom. The third kappa shape index (κ3) is 5.70. The average Bonchev–Trinajstić information content (AvgIpc) is 2.58. The number of nitrogens with two attached hydrogens (primary N) is 1. The quantitative estimate of drug-likeness (QED) is 0.611. The van der Waals surface area contributed by atoms with Gasteiger partial charge in [-0.25, -0.2) is 0 Å². The highest BCUT2D eigenvalue weighted by Gasteiger charge is 2.10. The second-order valence-electron chi connectivity index (χ2n) is 6.00. The highest BCUT2D eigenvalue weighted by atomic mass is 16.1. The Morgan fingerprint density at radius 1 is 1.00 bits per heavy atom. The molecule has 0 aliphatic rings. The Labute approximate surface area is 144 Å². The lowest BCUT2D eigenvalue weighted by molar-refractivity contribution is 0.0954. The van der Waals surface area contributed by atoms with Crippen LogP contribution < -0.4 is 16.4 Å². The first-order valence-corrected chi connectivity index (χ1v) is 8.61. The molecule has 128 valence electrons. The minimum absolute atomic E-state index is 0.0374. The predicted molar refractivity (Wildman–Crippen MR) is 101 cm³/mol. The number of unbranched alkanes of at least 4 members (excludes halogenated alkanes) is 3. The Hall–Kier alpha value is -2.33. The minimum atomic E-state index is -0.0374. The van der Waals surface area contributed by atoms with Gasteiger partial charge in [-0.1, -0.05) is 37.1 Å². The van der Waals surface area contributed by atoms with E-state index < -0.39 is 0 Å². The van der Waals surface area contributed by atoms with Crippen LogP contribution in [0.1, 0.15) is 41.6 Å². The van der Waals surface area contributed by atoms with E-state index in [9.17, 15) is 4.79 Å². The van der Waals surface area contributed by atoms with Crippen molar-refractivity contribution >= 4 is 17.3 Å². The van der Waals surface area contributed by atoms with Gasteiger partial charge in [0.15, 0.2) is 0 Å². The Morgan fingerprint density at radius 3 is 2.58 bits per heavy atom. The molecule has 4 heteroatoms. The molecule has 0 heterocycles. The van der Waals surface area contributed by atoms with Crippen LogP contribution >= 0.6 is 0 Å². The molecule has 1 amide bonds. The minimum Gasteiger partial charge on any atom is -0.355 e. The lowest BCUT2D eigenvalue weighted by atomic mass is 10.1. The van der Waals surface area contributed by atoms with Crippen molar-refractivity contribution in [3.63, 3.8) is 0 Å². The first kappa shape index (κ1) is 18.0. The van der Waals surface area contributed by atoms with Crippen LogP contribution in [0.2, 0.25) is 0 Å². The van der Waals surface area contributed by atoms with Crippen LogP contribution in [0, 0.1) is 6.92 Å². The van der Waals surface area contributed by atoms with Crippen molar-refractivity contribution in [1.29, 1.82) is 0 Å². The molecule has 2 rings (SSSR count). The Balaban J connectivity index is 1.94. The molecule has 2 aromatic rings. The molecule has 24 heavy (non-hydrogen) atoms. The molecule has 0 aliphatic carbocycles. The molecular weight excluding hydrogens is 298 g/mol. The third-order valence-corrected chi connectivity index (χ3v) is 3.89. The summed E-state index contributed by atoms with van der Waals surface area (Å²) in [6.45, 7) is 3.49. The van der Waals surface area contributed by atoms with E-state index in [2.05, 4.69) is 29.7 Å². The highest BCUT2D eigenvalue weighted by Crippen LogP contribution is 2.21. The lowest BCUT2D eigenvalue weighted by Crippen LogP contribution is -2.25. The molecule has 2 aromatic carbocycles. The van der Waals surface area contributed by atoms with Gasteiger partial charge in [0.1, 0.15) is 0 Å². The van der Waals surface area contributed by atoms with Crippen LogP contribution in [-0.4, -0.2) is 19.0 Å². The van der Waals surface area contributed by atoms with Gasteiger partial charge in [-0.2, -0.15) is 0 Å². The summed E-state index contributed by atoms with van der Waals surface area (Å²) in [7, 11) is 0. The average molecular weight is 325 g/mol. The van der Waals surface area contributed by atoms with Crippen molar-refractivity contribution in [2.75, 3.05) is 18.4 Å². The maximum Gasteiger partial charge on any atom is 0.253 e. The first-order valence-electron chi connectivity index (χ1n) is 8.61. The SMILES string of the molecule is Cc1cccc(Nc2ccccc2C(=O)NCCCCCCN)c1. The van der Waals surface area contributed by atoms with Crippen molar-refractivity contribution < 1.29 is 4.79 Å². The number of anilines is 2. The summed E-state index contributed by atoms with van der Waals surface area (Å²) in [5.41, 5.74) is 9.13. The van der Waals surface area contributed by atoms with E-state index in [1.165, 1.54) is 5.56 Å². The largest absolute Gasteiger partial charge is 0.355 e. The van der Waals surface area contributed by atoms with E-state index in [0.29, 0.717) is 12.1 Å². The number of para-hydroxylation sites is 1. The zero-order chi connectivity index (χ0) is 17.2. The third-order valence-electron chi connectivity index (χ3n) is 3.89. The summed E-state index contributed by atoms with van der Waals surface area (Å²) < 4.78 is 0. The summed E-state index contributed by atoms with van der Waals surface area (Å²) in [5.74, 6) is -0.0374. The molecule has 0 fully saturated rings. The van der Waals surface area contributed by atoms with Crippen LogP contribution in [0.5, 0.6) is 0 Å². The number of hydrogen-bond donors (Lipinski definition) is 3. The van der Waals surface area contributed by atoms with Crippen molar-refractivity contribution in [2.45, 2.75) is 32.6 Å². The number of benzene rings is 2. The number of aryl methyl sites for hydroxylation is 1. The van der Waals surface area contributed by atoms with Gasteiger partial charge in [-0.3, -0.25) is 4.79 Å². The summed E-state index contributed by atoms with van der Waals surface area (Å²) in [5, 5.41) is 6.34. The fraction of sp³-hybridized carbons (Fsp3) is 0.350. The molecule has 0 atom stereocenters. The van der Waals surface area contributed by atoms with Gasteiger partial charge >= 0.3 is 0 Å². The van der Waals surface area contributed by atoms with Crippen molar-refractivity contribution in [2.24, 2.45) is 5.73 Å². The molecule has 0 radical (unpaired) electrons. The second-order valence-corrected chi connectivity index (χ2v) is 6.00. The van der Waals surface area contributed by atoms with Crippen LogP contribution in [0.25, 0.3) is 0 Å². The van der Waals surface area contributed by atoms with E-state index in [1.54, 1.807) is 0 Å². The van der Waals surface area contributed by atoms with E-state index in [4.69, 9.17) is 5.73 Å². The second kappa shape index (κ2) is 9.73. The van der Waals surface area contributed by atoms with E-state index in [1.807, 2.05) is 36.4 Å². The standard InChI is InChI=1S/C20H27N3O/c1-16-9-8-10-17(15-16)23-19-12-5-4-11-18(19)20(24)22-14-7-3-2-6-13-21/h4-5,8-12,15,23H,2-3,6-7,13-14,21H2,1H3,(H,22,24). The van der Waals surface area contributed by atoms with Gasteiger partial charge < -0.3 is 16.4 Å². The van der Waals surface area contributed by atoms with Gasteiger partial charge in [0.2, 0.25) is 0 Å². The molecule has 0 unspecified atom stereocenters. The van der Waals surface area contributed by atoms with Gasteiger partial charge in [0.25, 0.3) is 5.91 Å². The fourth-order valence-electron chi connectivity index (χ4n) is 2.59. The molecule has 4 nitrogen and oxygen atoms in total. The molecule has 0 saturated carbocycles. The molecule has 0 bridgehead atoms. The van der Waals surface area contributed by atoms with Gasteiger partial charge in [0, 0.05) is 12.2 Å². The van der Waals surface area contributed by atoms with Crippen LogP contribution in [-0.2, 0) is 0 Å². The summed E-state index contributed by atoms with van der Waals surface area (Å²) in [6, 6.07) is 15.7. The number of carbonyl (C=O) groups excluding carboxylic acids is 1. The van der Waals surface area contributed by atoms with Crippen LogP contribution in [0.4, 0.5) is 11.4 Å². The number of nitrogens with one attached hydrogen (secondary N) is 2. The monoisotopic (exact) mass is 325 g/mol. The number of hydrogen-bond acceptors (Lipinski definition) is 3. The number of carbonyl (C=O) groups is 1. The fourth-order valence-corrected chi connectivity index (χ4v) is 2.59.